The summed E-state index contributed by atoms with van der Waals surface area (Å²) in [6.07, 6.45) is -4.38. The van der Waals surface area contributed by atoms with E-state index >= 15 is 0 Å². The van der Waals surface area contributed by atoms with Crippen molar-refractivity contribution >= 4 is 0 Å². The lowest BCUT2D eigenvalue weighted by atomic mass is 10.2. The first-order chi connectivity index (χ1) is 12.3. The average Bonchev–Trinajstić information content (AvgIpc) is 3.16. The van der Waals surface area contributed by atoms with Gasteiger partial charge in [0.25, 0.3) is 0 Å². The second-order valence-corrected chi connectivity index (χ2v) is 6.03. The van der Waals surface area contributed by atoms with Crippen LogP contribution in [-0.2, 0) is 19.3 Å². The Morgan fingerprint density at radius 1 is 1.12 bits per heavy atom. The lowest BCUT2D eigenvalue weighted by Gasteiger charge is -2.16. The molecule has 3 aromatic rings. The normalized spacial score (nSPS) is 12.1. The molecule has 2 heterocycles. The summed E-state index contributed by atoms with van der Waals surface area (Å²) in [6.45, 7) is 4.69. The van der Waals surface area contributed by atoms with E-state index in [2.05, 4.69) is 20.7 Å². The Hall–Kier alpha value is -2.75. The molecule has 1 aromatic carbocycles. The molecule has 0 aliphatic rings. The number of hydrogen-bond acceptors (Lipinski definition) is 6. The first kappa shape index (κ1) is 18.1. The molecule has 0 bridgehead atoms. The minimum Gasteiger partial charge on any atom is -0.361 e. The highest BCUT2D eigenvalue weighted by molar-refractivity contribution is 5.35. The topological polar surface area (TPSA) is 72.9 Å². The number of aromatic nitrogens is 5. The highest BCUT2D eigenvalue weighted by atomic mass is 19.4. The summed E-state index contributed by atoms with van der Waals surface area (Å²) in [4.78, 5) is 1.97. The summed E-state index contributed by atoms with van der Waals surface area (Å²) in [5.41, 5.74) is 1.55. The van der Waals surface area contributed by atoms with E-state index in [0.717, 1.165) is 29.2 Å². The van der Waals surface area contributed by atoms with E-state index in [0.29, 0.717) is 24.6 Å². The molecule has 0 aliphatic carbocycles. The summed E-state index contributed by atoms with van der Waals surface area (Å²) in [5.74, 6) is 1.26. The van der Waals surface area contributed by atoms with Gasteiger partial charge in [0.1, 0.15) is 5.76 Å². The van der Waals surface area contributed by atoms with Crippen molar-refractivity contribution in [1.82, 2.24) is 30.3 Å². The molecule has 0 atom stereocenters. The third kappa shape index (κ3) is 3.74. The van der Waals surface area contributed by atoms with Gasteiger partial charge in [0.2, 0.25) is 0 Å². The molecule has 138 valence electrons. The Morgan fingerprint density at radius 3 is 2.38 bits per heavy atom. The zero-order valence-electron chi connectivity index (χ0n) is 14.4. The molecule has 0 saturated carbocycles. The minimum atomic E-state index is -4.38. The van der Waals surface area contributed by atoms with Gasteiger partial charge in [-0.05, 0) is 55.6 Å². The van der Waals surface area contributed by atoms with Gasteiger partial charge in [-0.1, -0.05) is 5.16 Å². The maximum Gasteiger partial charge on any atom is 0.416 e. The van der Waals surface area contributed by atoms with Crippen molar-refractivity contribution in [2.45, 2.75) is 33.1 Å². The van der Waals surface area contributed by atoms with Crippen LogP contribution in [0.1, 0.15) is 28.4 Å². The zero-order valence-corrected chi connectivity index (χ0v) is 14.4. The summed E-state index contributed by atoms with van der Waals surface area (Å²) in [6, 6.07) is 4.71. The molecule has 0 radical (unpaired) electrons. The van der Waals surface area contributed by atoms with Gasteiger partial charge in [0.15, 0.2) is 5.82 Å². The molecule has 0 fully saturated rings. The standard InChI is InChI=1S/C16H17F3N6O/c1-10-14(11(2)26-21-10)8-24(3)9-15-20-22-23-25(15)13-6-4-12(5-7-13)16(17,18)19/h4-7H,8-9H2,1-3H3. The van der Waals surface area contributed by atoms with Crippen LogP contribution in [0.25, 0.3) is 5.69 Å². The predicted octanol–water partition coefficient (Wildman–Crippen LogP) is 2.92. The molecule has 26 heavy (non-hydrogen) atoms. The molecule has 0 unspecified atom stereocenters. The van der Waals surface area contributed by atoms with Crippen LogP contribution in [0.2, 0.25) is 0 Å². The number of tetrazole rings is 1. The predicted molar refractivity (Wildman–Crippen MR) is 85.3 cm³/mol. The van der Waals surface area contributed by atoms with Crippen molar-refractivity contribution in [3.8, 4) is 5.69 Å². The first-order valence-electron chi connectivity index (χ1n) is 7.81. The number of halogens is 3. The van der Waals surface area contributed by atoms with E-state index in [1.165, 1.54) is 16.8 Å². The number of nitrogens with zero attached hydrogens (tertiary/aromatic N) is 6. The van der Waals surface area contributed by atoms with Crippen molar-refractivity contribution < 1.29 is 17.7 Å². The van der Waals surface area contributed by atoms with Gasteiger partial charge in [0, 0.05) is 12.1 Å². The van der Waals surface area contributed by atoms with Crippen LogP contribution in [0.4, 0.5) is 13.2 Å². The van der Waals surface area contributed by atoms with Crippen LogP contribution in [0.15, 0.2) is 28.8 Å². The van der Waals surface area contributed by atoms with Crippen molar-refractivity contribution in [3.05, 3.63) is 52.7 Å². The van der Waals surface area contributed by atoms with Crippen LogP contribution in [0, 0.1) is 13.8 Å². The summed E-state index contributed by atoms with van der Waals surface area (Å²) >= 11 is 0. The van der Waals surface area contributed by atoms with E-state index in [1.54, 1.807) is 0 Å². The van der Waals surface area contributed by atoms with E-state index in [-0.39, 0.29) is 0 Å². The molecule has 0 spiro atoms. The Morgan fingerprint density at radius 2 is 1.81 bits per heavy atom. The van der Waals surface area contributed by atoms with E-state index in [9.17, 15) is 13.2 Å². The second-order valence-electron chi connectivity index (χ2n) is 6.03. The molecule has 10 heteroatoms. The highest BCUT2D eigenvalue weighted by Crippen LogP contribution is 2.29. The van der Waals surface area contributed by atoms with Gasteiger partial charge in [-0.25, -0.2) is 0 Å². The van der Waals surface area contributed by atoms with Crippen molar-refractivity contribution in [2.75, 3.05) is 7.05 Å². The van der Waals surface area contributed by atoms with Crippen LogP contribution < -0.4 is 0 Å². The smallest absolute Gasteiger partial charge is 0.361 e. The third-order valence-electron chi connectivity index (χ3n) is 3.99. The molecule has 2 aromatic heterocycles. The molecular formula is C16H17F3N6O. The first-order valence-corrected chi connectivity index (χ1v) is 7.81. The zero-order chi connectivity index (χ0) is 18.9. The maximum absolute atomic E-state index is 12.7. The number of hydrogen-bond donors (Lipinski definition) is 0. The minimum absolute atomic E-state index is 0.401. The van der Waals surface area contributed by atoms with Crippen LogP contribution >= 0.6 is 0 Å². The number of aryl methyl sites for hydroxylation is 2. The van der Waals surface area contributed by atoms with Gasteiger partial charge in [-0.15, -0.1) is 5.10 Å². The SMILES string of the molecule is Cc1noc(C)c1CN(C)Cc1nnnn1-c1ccc(C(F)(F)F)cc1. The van der Waals surface area contributed by atoms with Crippen LogP contribution in [0.5, 0.6) is 0 Å². The highest BCUT2D eigenvalue weighted by Gasteiger charge is 2.30. The summed E-state index contributed by atoms with van der Waals surface area (Å²) < 4.78 is 44.6. The lowest BCUT2D eigenvalue weighted by Crippen LogP contribution is -2.20. The van der Waals surface area contributed by atoms with Crippen molar-refractivity contribution in [3.63, 3.8) is 0 Å². The van der Waals surface area contributed by atoms with Gasteiger partial charge in [0.05, 0.1) is 23.5 Å². The summed E-state index contributed by atoms with van der Waals surface area (Å²) in [7, 11) is 1.89. The average molecular weight is 366 g/mol. The molecule has 0 aliphatic heterocycles. The number of alkyl halides is 3. The number of rotatable bonds is 5. The molecule has 3 rings (SSSR count). The van der Waals surface area contributed by atoms with Gasteiger partial charge in [-0.3, -0.25) is 4.90 Å². The van der Waals surface area contributed by atoms with Crippen molar-refractivity contribution in [1.29, 1.82) is 0 Å². The van der Waals surface area contributed by atoms with E-state index in [1.807, 2.05) is 25.8 Å². The fourth-order valence-corrected chi connectivity index (χ4v) is 2.59. The number of benzene rings is 1. The fraction of sp³-hybridized carbons (Fsp3) is 0.375. The molecule has 0 saturated heterocycles. The Kier molecular flexibility index (Phi) is 4.77. The molecular weight excluding hydrogens is 349 g/mol. The maximum atomic E-state index is 12.7. The lowest BCUT2D eigenvalue weighted by molar-refractivity contribution is -0.137. The van der Waals surface area contributed by atoms with Gasteiger partial charge >= 0.3 is 6.18 Å². The van der Waals surface area contributed by atoms with Crippen LogP contribution in [-0.4, -0.2) is 37.3 Å². The second kappa shape index (κ2) is 6.87. The van der Waals surface area contributed by atoms with Crippen molar-refractivity contribution in [2.24, 2.45) is 0 Å². The Bertz CT molecular complexity index is 865. The molecule has 0 amide bonds. The fourth-order valence-electron chi connectivity index (χ4n) is 2.59. The quantitative estimate of drug-likeness (QED) is 0.691. The van der Waals surface area contributed by atoms with Crippen LogP contribution in [0.3, 0.4) is 0 Å². The molecule has 0 N–H and O–H groups in total. The summed E-state index contributed by atoms with van der Waals surface area (Å²) in [5, 5.41) is 15.4. The Balaban J connectivity index is 1.76. The van der Waals surface area contributed by atoms with Gasteiger partial charge < -0.3 is 4.52 Å². The van der Waals surface area contributed by atoms with E-state index < -0.39 is 11.7 Å². The third-order valence-corrected chi connectivity index (χ3v) is 3.99. The molecule has 7 nitrogen and oxygen atoms in total. The van der Waals surface area contributed by atoms with E-state index in [4.69, 9.17) is 4.52 Å². The van der Waals surface area contributed by atoms with Gasteiger partial charge in [-0.2, -0.15) is 17.9 Å². The monoisotopic (exact) mass is 366 g/mol. The Labute approximate surface area is 147 Å². The largest absolute Gasteiger partial charge is 0.416 e.